The zero-order chi connectivity index (χ0) is 20.1. The smallest absolute Gasteiger partial charge is 0.0355 e. The largest absolute Gasteiger partial charge is 0.143 e. The van der Waals surface area contributed by atoms with E-state index in [4.69, 9.17) is 0 Å². The Morgan fingerprint density at radius 2 is 1.40 bits per heavy atom. The number of rotatable bonds is 4. The molecule has 0 saturated heterocycles. The molecule has 0 saturated carbocycles. The maximum Gasteiger partial charge on any atom is 0.0355 e. The molecule has 0 amide bonds. The molecule has 6 rings (SSSR count). The monoisotopic (exact) mass is 420 g/mol. The molecule has 0 spiro atoms. The molecule has 0 atom stereocenters. The van der Waals surface area contributed by atoms with Gasteiger partial charge in [0.1, 0.15) is 0 Å². The van der Waals surface area contributed by atoms with Gasteiger partial charge in [-0.15, -0.1) is 23.1 Å². The summed E-state index contributed by atoms with van der Waals surface area (Å²) in [4.78, 5) is 2.67. The summed E-state index contributed by atoms with van der Waals surface area (Å²) in [5.74, 6) is 1.11. The molecule has 30 heavy (non-hydrogen) atoms. The summed E-state index contributed by atoms with van der Waals surface area (Å²) in [6.07, 6.45) is 0. The standard InChI is InChI=1S/C28H20S2/c1-2-29-23-12-8-18(9-13-23)22-16-26(30-17-22)24-14-10-21-7-6-19-4-3-5-20-11-15-25(24)28(21)27(19)20/h3-17H,2H2,1H3. The summed E-state index contributed by atoms with van der Waals surface area (Å²) in [6.45, 7) is 2.19. The van der Waals surface area contributed by atoms with Gasteiger partial charge in [0.25, 0.3) is 0 Å². The van der Waals surface area contributed by atoms with E-state index in [0.29, 0.717) is 0 Å². The van der Waals surface area contributed by atoms with Crippen LogP contribution in [-0.2, 0) is 0 Å². The van der Waals surface area contributed by atoms with Crippen LogP contribution in [0.5, 0.6) is 0 Å². The predicted molar refractivity (Wildman–Crippen MR) is 135 cm³/mol. The van der Waals surface area contributed by atoms with Crippen molar-refractivity contribution in [2.24, 2.45) is 0 Å². The van der Waals surface area contributed by atoms with Crippen LogP contribution >= 0.6 is 23.1 Å². The number of hydrogen-bond donors (Lipinski definition) is 0. The Bertz CT molecular complexity index is 1470. The first-order valence-corrected chi connectivity index (χ1v) is 12.2. The van der Waals surface area contributed by atoms with Crippen molar-refractivity contribution >= 4 is 55.4 Å². The zero-order valence-corrected chi connectivity index (χ0v) is 18.3. The Hall–Kier alpha value is -2.81. The quantitative estimate of drug-likeness (QED) is 0.202. The average molecular weight is 421 g/mol. The van der Waals surface area contributed by atoms with Gasteiger partial charge in [0.05, 0.1) is 0 Å². The highest BCUT2D eigenvalue weighted by Gasteiger charge is 2.13. The summed E-state index contributed by atoms with van der Waals surface area (Å²) in [5.41, 5.74) is 3.92. The van der Waals surface area contributed by atoms with Crippen LogP contribution in [-0.4, -0.2) is 5.75 Å². The van der Waals surface area contributed by atoms with Crippen molar-refractivity contribution in [3.63, 3.8) is 0 Å². The molecular weight excluding hydrogens is 400 g/mol. The molecule has 1 aromatic heterocycles. The van der Waals surface area contributed by atoms with Gasteiger partial charge in [0, 0.05) is 9.77 Å². The minimum atomic E-state index is 1.11. The van der Waals surface area contributed by atoms with Crippen LogP contribution in [0.2, 0.25) is 0 Å². The number of thiophene rings is 1. The van der Waals surface area contributed by atoms with E-state index in [-0.39, 0.29) is 0 Å². The van der Waals surface area contributed by atoms with E-state index >= 15 is 0 Å². The molecule has 144 valence electrons. The molecular formula is C28H20S2. The maximum atomic E-state index is 2.35. The van der Waals surface area contributed by atoms with Gasteiger partial charge in [-0.1, -0.05) is 73.7 Å². The first kappa shape index (κ1) is 18.0. The van der Waals surface area contributed by atoms with Crippen molar-refractivity contribution < 1.29 is 0 Å². The number of hydrogen-bond acceptors (Lipinski definition) is 2. The van der Waals surface area contributed by atoms with Gasteiger partial charge in [-0.05, 0) is 78.3 Å². The second kappa shape index (κ2) is 7.16. The van der Waals surface area contributed by atoms with Gasteiger partial charge in [-0.25, -0.2) is 0 Å². The van der Waals surface area contributed by atoms with E-state index in [9.17, 15) is 0 Å². The maximum absolute atomic E-state index is 2.35. The van der Waals surface area contributed by atoms with Crippen molar-refractivity contribution in [2.45, 2.75) is 11.8 Å². The van der Waals surface area contributed by atoms with E-state index in [1.54, 1.807) is 0 Å². The molecule has 0 unspecified atom stereocenters. The second-order valence-corrected chi connectivity index (χ2v) is 9.87. The lowest BCUT2D eigenvalue weighted by atomic mass is 9.91. The summed E-state index contributed by atoms with van der Waals surface area (Å²) in [6, 6.07) is 31.5. The Morgan fingerprint density at radius 3 is 2.17 bits per heavy atom. The van der Waals surface area contributed by atoms with Crippen LogP contribution in [0.15, 0.2) is 95.2 Å². The van der Waals surface area contributed by atoms with Gasteiger partial charge >= 0.3 is 0 Å². The highest BCUT2D eigenvalue weighted by atomic mass is 32.2. The molecule has 0 fully saturated rings. The fourth-order valence-corrected chi connectivity index (χ4v) is 6.11. The average Bonchev–Trinajstić information content (AvgIpc) is 3.28. The number of thioether (sulfide) groups is 1. The molecule has 0 aliphatic rings. The summed E-state index contributed by atoms with van der Waals surface area (Å²) in [7, 11) is 0. The van der Waals surface area contributed by atoms with E-state index in [2.05, 4.69) is 97.2 Å². The lowest BCUT2D eigenvalue weighted by Crippen LogP contribution is -1.85. The Kier molecular flexibility index (Phi) is 4.29. The molecule has 0 aliphatic heterocycles. The van der Waals surface area contributed by atoms with E-state index in [0.717, 1.165) is 5.75 Å². The van der Waals surface area contributed by atoms with Gasteiger partial charge in [0.2, 0.25) is 0 Å². The van der Waals surface area contributed by atoms with Crippen molar-refractivity contribution in [2.75, 3.05) is 5.75 Å². The molecule has 6 aromatic rings. The van der Waals surface area contributed by atoms with Crippen LogP contribution in [0.4, 0.5) is 0 Å². The molecule has 0 aliphatic carbocycles. The number of benzene rings is 5. The first-order valence-electron chi connectivity index (χ1n) is 10.3. The summed E-state index contributed by atoms with van der Waals surface area (Å²) in [5, 5.41) is 10.4. The lowest BCUT2D eigenvalue weighted by molar-refractivity contribution is 1.43. The zero-order valence-electron chi connectivity index (χ0n) is 16.7. The van der Waals surface area contributed by atoms with Gasteiger partial charge < -0.3 is 0 Å². The SMILES string of the molecule is CCSc1ccc(-c2csc(-c3ccc4ccc5cccc6ccc3c4c56)c2)cc1. The lowest BCUT2D eigenvalue weighted by Gasteiger charge is -2.13. The normalized spacial score (nSPS) is 11.8. The van der Waals surface area contributed by atoms with E-state index < -0.39 is 0 Å². The third kappa shape index (κ3) is 2.83. The Labute approximate surface area is 184 Å². The van der Waals surface area contributed by atoms with Crippen LogP contribution < -0.4 is 0 Å². The Morgan fingerprint density at radius 1 is 0.700 bits per heavy atom. The fourth-order valence-electron chi connectivity index (χ4n) is 4.49. The van der Waals surface area contributed by atoms with Gasteiger partial charge in [0.15, 0.2) is 0 Å². The minimum Gasteiger partial charge on any atom is -0.143 e. The van der Waals surface area contributed by atoms with Gasteiger partial charge in [-0.2, -0.15) is 0 Å². The molecule has 5 aromatic carbocycles. The fraction of sp³-hybridized carbons (Fsp3) is 0.0714. The van der Waals surface area contributed by atoms with Crippen molar-refractivity contribution in [3.8, 4) is 21.6 Å². The third-order valence-electron chi connectivity index (χ3n) is 5.89. The summed E-state index contributed by atoms with van der Waals surface area (Å²) >= 11 is 3.73. The Balaban J connectivity index is 1.50. The van der Waals surface area contributed by atoms with E-state index in [1.165, 1.54) is 58.8 Å². The van der Waals surface area contributed by atoms with Crippen LogP contribution in [0.3, 0.4) is 0 Å². The van der Waals surface area contributed by atoms with Crippen molar-refractivity contribution in [3.05, 3.63) is 90.3 Å². The van der Waals surface area contributed by atoms with Crippen LogP contribution in [0.25, 0.3) is 53.9 Å². The van der Waals surface area contributed by atoms with Gasteiger partial charge in [-0.3, -0.25) is 0 Å². The molecule has 0 bridgehead atoms. The van der Waals surface area contributed by atoms with Crippen molar-refractivity contribution in [1.29, 1.82) is 0 Å². The molecule has 0 nitrogen and oxygen atoms in total. The van der Waals surface area contributed by atoms with E-state index in [1.807, 2.05) is 23.1 Å². The predicted octanol–water partition coefficient (Wildman–Crippen LogP) is 9.09. The second-order valence-electron chi connectivity index (χ2n) is 7.63. The molecule has 0 N–H and O–H groups in total. The summed E-state index contributed by atoms with van der Waals surface area (Å²) < 4.78 is 0. The topological polar surface area (TPSA) is 0 Å². The molecule has 0 radical (unpaired) electrons. The minimum absolute atomic E-state index is 1.11. The third-order valence-corrected chi connectivity index (χ3v) is 7.75. The van der Waals surface area contributed by atoms with Crippen LogP contribution in [0.1, 0.15) is 6.92 Å². The first-order chi connectivity index (χ1) is 14.8. The highest BCUT2D eigenvalue weighted by molar-refractivity contribution is 7.99. The highest BCUT2D eigenvalue weighted by Crippen LogP contribution is 2.41. The molecule has 1 heterocycles. The van der Waals surface area contributed by atoms with Crippen molar-refractivity contribution in [1.82, 2.24) is 0 Å². The van der Waals surface area contributed by atoms with Crippen LogP contribution in [0, 0.1) is 0 Å². The molecule has 2 heteroatoms.